The first-order valence-corrected chi connectivity index (χ1v) is 9.53. The van der Waals surface area contributed by atoms with E-state index in [1.54, 1.807) is 32.4 Å². The summed E-state index contributed by atoms with van der Waals surface area (Å²) < 4.78 is 22.0. The van der Waals surface area contributed by atoms with Crippen molar-refractivity contribution in [3.8, 4) is 23.0 Å². The Hall–Kier alpha value is -2.89. The second-order valence-electron chi connectivity index (χ2n) is 6.51. The number of carbonyl (C=O) groups is 1. The topological polar surface area (TPSA) is 57.2 Å². The van der Waals surface area contributed by atoms with Crippen LogP contribution in [0.25, 0.3) is 0 Å². The number of nitrogens with zero attached hydrogens (tertiary/aromatic N) is 1. The van der Waals surface area contributed by atoms with Gasteiger partial charge in [-0.3, -0.25) is 4.79 Å². The minimum absolute atomic E-state index is 0.0466. The van der Waals surface area contributed by atoms with E-state index in [2.05, 4.69) is 0 Å². The molecule has 2 aromatic carbocycles. The number of amides is 1. The van der Waals surface area contributed by atoms with Crippen molar-refractivity contribution < 1.29 is 23.7 Å². The van der Waals surface area contributed by atoms with Gasteiger partial charge in [-0.1, -0.05) is 0 Å². The first-order valence-electron chi connectivity index (χ1n) is 9.53. The van der Waals surface area contributed by atoms with E-state index in [4.69, 9.17) is 18.9 Å². The van der Waals surface area contributed by atoms with Gasteiger partial charge in [-0.25, -0.2) is 0 Å². The number of hydrogen-bond acceptors (Lipinski definition) is 5. The number of benzene rings is 2. The first kappa shape index (κ1) is 19.9. The average molecular weight is 385 g/mol. The van der Waals surface area contributed by atoms with Crippen molar-refractivity contribution in [3.63, 3.8) is 0 Å². The molecule has 0 fully saturated rings. The van der Waals surface area contributed by atoms with Gasteiger partial charge in [0.1, 0.15) is 11.5 Å². The lowest BCUT2D eigenvalue weighted by Crippen LogP contribution is -2.36. The number of rotatable bonds is 7. The van der Waals surface area contributed by atoms with Gasteiger partial charge in [0.25, 0.3) is 5.91 Å². The van der Waals surface area contributed by atoms with Gasteiger partial charge in [0.15, 0.2) is 11.5 Å². The third-order valence-electron chi connectivity index (χ3n) is 4.76. The Morgan fingerprint density at radius 1 is 0.893 bits per heavy atom. The molecule has 1 aliphatic rings. The molecule has 0 N–H and O–H groups in total. The third-order valence-corrected chi connectivity index (χ3v) is 4.76. The number of ether oxygens (including phenoxy) is 4. The molecule has 0 spiro atoms. The van der Waals surface area contributed by atoms with E-state index < -0.39 is 0 Å². The SMILES string of the molecule is CCOc1cc2c(cc1OCC)CN(C(=O)c1cc(OC)cc(OC)c1)CC2. The highest BCUT2D eigenvalue weighted by molar-refractivity contribution is 5.95. The highest BCUT2D eigenvalue weighted by Crippen LogP contribution is 2.34. The molecule has 150 valence electrons. The lowest BCUT2D eigenvalue weighted by Gasteiger charge is -2.30. The number of carbonyl (C=O) groups excluding carboxylic acids is 1. The Bertz CT molecular complexity index is 827. The molecule has 3 rings (SSSR count). The fourth-order valence-corrected chi connectivity index (χ4v) is 3.39. The first-order chi connectivity index (χ1) is 13.6. The summed E-state index contributed by atoms with van der Waals surface area (Å²) in [5.74, 6) is 2.63. The number of fused-ring (bicyclic) bond motifs is 1. The van der Waals surface area contributed by atoms with E-state index in [1.165, 1.54) is 5.56 Å². The van der Waals surface area contributed by atoms with Gasteiger partial charge in [0.05, 0.1) is 27.4 Å². The van der Waals surface area contributed by atoms with Gasteiger partial charge >= 0.3 is 0 Å². The van der Waals surface area contributed by atoms with Gasteiger partial charge < -0.3 is 23.8 Å². The molecule has 6 heteroatoms. The summed E-state index contributed by atoms with van der Waals surface area (Å²) in [7, 11) is 3.15. The standard InChI is InChI=1S/C22H27NO5/c1-5-27-20-11-15-7-8-23(14-17(15)12-21(20)28-6-2)22(24)16-9-18(25-3)13-19(10-16)26-4/h9-13H,5-8,14H2,1-4H3. The van der Waals surface area contributed by atoms with Gasteiger partial charge in [-0.05, 0) is 55.7 Å². The summed E-state index contributed by atoms with van der Waals surface area (Å²) in [5, 5.41) is 0. The Kier molecular flexibility index (Phi) is 6.29. The van der Waals surface area contributed by atoms with Crippen LogP contribution in [0.3, 0.4) is 0 Å². The Labute approximate surface area is 166 Å². The molecule has 1 aliphatic heterocycles. The zero-order valence-electron chi connectivity index (χ0n) is 16.9. The zero-order chi connectivity index (χ0) is 20.1. The largest absolute Gasteiger partial charge is 0.497 e. The fourth-order valence-electron chi connectivity index (χ4n) is 3.39. The van der Waals surface area contributed by atoms with Crippen LogP contribution in [0.15, 0.2) is 30.3 Å². The average Bonchev–Trinajstić information content (AvgIpc) is 2.73. The van der Waals surface area contributed by atoms with Crippen molar-refractivity contribution in [2.75, 3.05) is 34.0 Å². The molecule has 1 amide bonds. The smallest absolute Gasteiger partial charge is 0.254 e. The van der Waals surface area contributed by atoms with Crippen molar-refractivity contribution in [1.29, 1.82) is 0 Å². The molecule has 0 unspecified atom stereocenters. The second kappa shape index (κ2) is 8.87. The number of methoxy groups -OCH3 is 2. The van der Waals surface area contributed by atoms with Crippen LogP contribution in [0.1, 0.15) is 35.3 Å². The van der Waals surface area contributed by atoms with Crippen molar-refractivity contribution >= 4 is 5.91 Å². The van der Waals surface area contributed by atoms with Crippen molar-refractivity contribution in [2.24, 2.45) is 0 Å². The van der Waals surface area contributed by atoms with E-state index in [0.29, 0.717) is 43.4 Å². The van der Waals surface area contributed by atoms with Crippen LogP contribution >= 0.6 is 0 Å². The fraction of sp³-hybridized carbons (Fsp3) is 0.409. The molecule has 6 nitrogen and oxygen atoms in total. The number of hydrogen-bond donors (Lipinski definition) is 0. The lowest BCUT2D eigenvalue weighted by atomic mass is 9.98. The summed E-state index contributed by atoms with van der Waals surface area (Å²) in [6.45, 7) is 6.22. The lowest BCUT2D eigenvalue weighted by molar-refractivity contribution is 0.0733. The summed E-state index contributed by atoms with van der Waals surface area (Å²) in [5.41, 5.74) is 2.83. The minimum atomic E-state index is -0.0466. The van der Waals surface area contributed by atoms with E-state index in [0.717, 1.165) is 23.5 Å². The molecular weight excluding hydrogens is 358 g/mol. The van der Waals surface area contributed by atoms with Gasteiger partial charge in [0, 0.05) is 24.7 Å². The molecule has 0 saturated carbocycles. The molecule has 0 aromatic heterocycles. The monoisotopic (exact) mass is 385 g/mol. The van der Waals surface area contributed by atoms with Crippen LogP contribution in [0.4, 0.5) is 0 Å². The predicted molar refractivity (Wildman–Crippen MR) is 107 cm³/mol. The van der Waals surface area contributed by atoms with Crippen LogP contribution in [-0.4, -0.2) is 44.8 Å². The summed E-state index contributed by atoms with van der Waals surface area (Å²) >= 11 is 0. The van der Waals surface area contributed by atoms with Gasteiger partial charge in [-0.15, -0.1) is 0 Å². The Balaban J connectivity index is 1.86. The van der Waals surface area contributed by atoms with E-state index in [1.807, 2.05) is 30.9 Å². The van der Waals surface area contributed by atoms with Crippen molar-refractivity contribution in [1.82, 2.24) is 4.90 Å². The molecule has 0 aliphatic carbocycles. The summed E-state index contributed by atoms with van der Waals surface area (Å²) in [6.07, 6.45) is 0.772. The molecule has 0 radical (unpaired) electrons. The maximum absolute atomic E-state index is 13.1. The van der Waals surface area contributed by atoms with Crippen LogP contribution in [-0.2, 0) is 13.0 Å². The van der Waals surface area contributed by atoms with Crippen LogP contribution in [0, 0.1) is 0 Å². The summed E-state index contributed by atoms with van der Waals surface area (Å²) in [6, 6.07) is 9.27. The maximum atomic E-state index is 13.1. The van der Waals surface area contributed by atoms with E-state index in [-0.39, 0.29) is 5.91 Å². The highest BCUT2D eigenvalue weighted by atomic mass is 16.5. The third kappa shape index (κ3) is 4.16. The second-order valence-corrected chi connectivity index (χ2v) is 6.51. The van der Waals surface area contributed by atoms with Gasteiger partial charge in [0.2, 0.25) is 0 Å². The zero-order valence-corrected chi connectivity index (χ0v) is 16.9. The Morgan fingerprint density at radius 2 is 1.46 bits per heavy atom. The van der Waals surface area contributed by atoms with E-state index in [9.17, 15) is 4.79 Å². The van der Waals surface area contributed by atoms with Crippen LogP contribution < -0.4 is 18.9 Å². The minimum Gasteiger partial charge on any atom is -0.497 e. The predicted octanol–water partition coefficient (Wildman–Crippen LogP) is 3.70. The van der Waals surface area contributed by atoms with Crippen LogP contribution in [0.5, 0.6) is 23.0 Å². The molecule has 28 heavy (non-hydrogen) atoms. The normalized spacial score (nSPS) is 12.9. The maximum Gasteiger partial charge on any atom is 0.254 e. The van der Waals surface area contributed by atoms with Crippen LogP contribution in [0.2, 0.25) is 0 Å². The van der Waals surface area contributed by atoms with Gasteiger partial charge in [-0.2, -0.15) is 0 Å². The molecule has 0 saturated heterocycles. The highest BCUT2D eigenvalue weighted by Gasteiger charge is 2.24. The molecule has 0 atom stereocenters. The molecule has 0 bridgehead atoms. The van der Waals surface area contributed by atoms with Crippen molar-refractivity contribution in [3.05, 3.63) is 47.0 Å². The molecular formula is C22H27NO5. The molecule has 1 heterocycles. The Morgan fingerprint density at radius 3 is 2.00 bits per heavy atom. The summed E-state index contributed by atoms with van der Waals surface area (Å²) in [4.78, 5) is 14.9. The van der Waals surface area contributed by atoms with E-state index >= 15 is 0 Å². The molecule has 2 aromatic rings. The van der Waals surface area contributed by atoms with Crippen molar-refractivity contribution in [2.45, 2.75) is 26.8 Å². The quantitative estimate of drug-likeness (QED) is 0.727.